The van der Waals surface area contributed by atoms with Crippen LogP contribution in [0.3, 0.4) is 0 Å². The second-order valence-corrected chi connectivity index (χ2v) is 8.73. The molecule has 13 heteroatoms. The molecule has 1 fully saturated rings. The molecule has 1 atom stereocenters. The number of thioether (sulfide) groups is 1. The van der Waals surface area contributed by atoms with E-state index in [2.05, 4.69) is 32.5 Å². The van der Waals surface area contributed by atoms with Crippen molar-refractivity contribution in [3.8, 4) is 0 Å². The van der Waals surface area contributed by atoms with Gasteiger partial charge in [0.05, 0.1) is 10.3 Å². The molecule has 11 nitrogen and oxygen atoms in total. The lowest BCUT2D eigenvalue weighted by Crippen LogP contribution is -2.41. The lowest BCUT2D eigenvalue weighted by Gasteiger charge is -2.10. The van der Waals surface area contributed by atoms with E-state index in [1.54, 1.807) is 0 Å². The minimum atomic E-state index is -0.691. The second kappa shape index (κ2) is 13.1. The minimum Gasteiger partial charge on any atom is -0.382 e. The van der Waals surface area contributed by atoms with Gasteiger partial charge in [0.1, 0.15) is 0 Å². The average molecular weight is 485 g/mol. The number of amides is 2. The summed E-state index contributed by atoms with van der Waals surface area (Å²) < 4.78 is 5.61. The molecule has 2 heterocycles. The summed E-state index contributed by atoms with van der Waals surface area (Å²) in [6.45, 7) is 5.61. The molecular weight excluding hydrogens is 456 g/mol. The molecule has 1 saturated heterocycles. The van der Waals surface area contributed by atoms with Gasteiger partial charge in [0.2, 0.25) is 5.91 Å². The standard InChI is InChI=1S/C19H29ClN8O3S/c1-11-25-17(29)12(32-11)7-6-10-31-9-5-3-2-4-8-24-19(23)28-18(30)13-15(21)27-16(22)14(20)26-13/h12H,1-10H2,(H,25,29)(H4,21,22,27)(H3,23,24,28,30). The first-order valence-corrected chi connectivity index (χ1v) is 11.5. The molecule has 8 N–H and O–H groups in total. The molecule has 0 aliphatic carbocycles. The Morgan fingerprint density at radius 1 is 1.19 bits per heavy atom. The van der Waals surface area contributed by atoms with Gasteiger partial charge < -0.3 is 26.8 Å². The number of nitrogens with two attached hydrogens (primary N) is 2. The van der Waals surface area contributed by atoms with Crippen LogP contribution in [0.25, 0.3) is 0 Å². The molecule has 2 rings (SSSR count). The number of unbranched alkanes of at least 4 members (excludes halogenated alkanes) is 3. The first-order chi connectivity index (χ1) is 15.3. The molecule has 1 aliphatic rings. The number of nitrogen functional groups attached to an aromatic ring is 2. The predicted molar refractivity (Wildman–Crippen MR) is 126 cm³/mol. The summed E-state index contributed by atoms with van der Waals surface area (Å²) in [5.74, 6) is -1.04. The maximum absolute atomic E-state index is 12.1. The quantitative estimate of drug-likeness (QED) is 0.146. The zero-order chi connectivity index (χ0) is 23.5. The van der Waals surface area contributed by atoms with Crippen LogP contribution in [-0.2, 0) is 9.53 Å². The van der Waals surface area contributed by atoms with Gasteiger partial charge in [-0.05, 0) is 25.7 Å². The largest absolute Gasteiger partial charge is 0.382 e. The predicted octanol–water partition coefficient (Wildman–Crippen LogP) is 1.61. The fraction of sp³-hybridized carbons (Fsp3) is 0.526. The third kappa shape index (κ3) is 8.52. The fourth-order valence-electron chi connectivity index (χ4n) is 2.86. The third-order valence-electron chi connectivity index (χ3n) is 4.47. The number of hydrogen-bond donors (Lipinski definition) is 6. The van der Waals surface area contributed by atoms with Crippen LogP contribution in [0.4, 0.5) is 11.6 Å². The highest BCUT2D eigenvalue weighted by molar-refractivity contribution is 8.04. The minimum absolute atomic E-state index is 0.0358. The SMILES string of the molecule is C=C1NC(=O)C(CCCOCCCCCCNC(=N)NC(=O)c2nc(Cl)c(N)nc2N)S1. The Bertz CT molecular complexity index is 854. The number of guanidine groups is 1. The maximum atomic E-state index is 12.1. The molecule has 0 aromatic carbocycles. The Labute approximate surface area is 196 Å². The van der Waals surface area contributed by atoms with E-state index in [-0.39, 0.29) is 39.6 Å². The van der Waals surface area contributed by atoms with Gasteiger partial charge in [-0.25, -0.2) is 9.97 Å². The Balaban J connectivity index is 1.46. The summed E-state index contributed by atoms with van der Waals surface area (Å²) >= 11 is 7.23. The number of nitrogens with zero attached hydrogens (tertiary/aromatic N) is 2. The number of rotatable bonds is 12. The molecule has 1 aliphatic heterocycles. The Hall–Kier alpha value is -2.57. The van der Waals surface area contributed by atoms with Crippen molar-refractivity contribution in [3.05, 3.63) is 22.5 Å². The summed E-state index contributed by atoms with van der Waals surface area (Å²) in [6.07, 6.45) is 5.37. The van der Waals surface area contributed by atoms with E-state index in [4.69, 9.17) is 33.2 Å². The van der Waals surface area contributed by atoms with Crippen LogP contribution in [-0.4, -0.2) is 52.8 Å². The van der Waals surface area contributed by atoms with E-state index < -0.39 is 5.91 Å². The molecule has 0 bridgehead atoms. The molecule has 0 spiro atoms. The molecule has 1 aromatic rings. The van der Waals surface area contributed by atoms with Gasteiger partial charge in [-0.15, -0.1) is 0 Å². The number of carbonyl (C=O) groups excluding carboxylic acids is 2. The molecule has 32 heavy (non-hydrogen) atoms. The number of nitrogens with one attached hydrogen (secondary N) is 4. The van der Waals surface area contributed by atoms with Crippen molar-refractivity contribution in [2.45, 2.75) is 43.8 Å². The van der Waals surface area contributed by atoms with Gasteiger partial charge in [-0.3, -0.25) is 20.3 Å². The van der Waals surface area contributed by atoms with Crippen LogP contribution < -0.4 is 27.4 Å². The molecule has 176 valence electrons. The van der Waals surface area contributed by atoms with Crippen LogP contribution in [0.5, 0.6) is 0 Å². The van der Waals surface area contributed by atoms with E-state index >= 15 is 0 Å². The summed E-state index contributed by atoms with van der Waals surface area (Å²) in [5, 5.41) is 16.2. The molecule has 1 aromatic heterocycles. The first-order valence-electron chi connectivity index (χ1n) is 10.2. The highest BCUT2D eigenvalue weighted by Crippen LogP contribution is 2.28. The van der Waals surface area contributed by atoms with Crippen molar-refractivity contribution in [3.63, 3.8) is 0 Å². The molecule has 2 amide bonds. The summed E-state index contributed by atoms with van der Waals surface area (Å²) in [6, 6.07) is 0. The number of carbonyl (C=O) groups is 2. The van der Waals surface area contributed by atoms with E-state index in [1.807, 2.05) is 0 Å². The number of hydrogen-bond acceptors (Lipinski definition) is 9. The van der Waals surface area contributed by atoms with Crippen molar-refractivity contribution in [1.29, 1.82) is 5.41 Å². The summed E-state index contributed by atoms with van der Waals surface area (Å²) in [5.41, 5.74) is 10.9. The van der Waals surface area contributed by atoms with E-state index in [9.17, 15) is 9.59 Å². The topological polar surface area (TPSA) is 181 Å². The molecule has 1 unspecified atom stereocenters. The highest BCUT2D eigenvalue weighted by Gasteiger charge is 2.26. The van der Waals surface area contributed by atoms with Crippen molar-refractivity contribution in [2.24, 2.45) is 0 Å². The normalized spacial score (nSPS) is 15.5. The third-order valence-corrected chi connectivity index (χ3v) is 5.87. The zero-order valence-electron chi connectivity index (χ0n) is 17.7. The fourth-order valence-corrected chi connectivity index (χ4v) is 3.94. The van der Waals surface area contributed by atoms with Gasteiger partial charge in [-0.2, -0.15) is 0 Å². The Morgan fingerprint density at radius 2 is 1.91 bits per heavy atom. The smallest absolute Gasteiger partial charge is 0.280 e. The number of aromatic nitrogens is 2. The van der Waals surface area contributed by atoms with Gasteiger partial charge in [0.25, 0.3) is 5.91 Å². The van der Waals surface area contributed by atoms with Gasteiger partial charge in [0.15, 0.2) is 28.4 Å². The van der Waals surface area contributed by atoms with E-state index in [1.165, 1.54) is 11.8 Å². The number of ether oxygens (including phenoxy) is 1. The second-order valence-electron chi connectivity index (χ2n) is 7.08. The monoisotopic (exact) mass is 484 g/mol. The maximum Gasteiger partial charge on any atom is 0.280 e. The zero-order valence-corrected chi connectivity index (χ0v) is 19.3. The summed E-state index contributed by atoms with van der Waals surface area (Å²) in [7, 11) is 0. The Kier molecular flexibility index (Phi) is 10.5. The molecular formula is C19H29ClN8O3S. The van der Waals surface area contributed by atoms with Crippen molar-refractivity contribution in [2.75, 3.05) is 31.2 Å². The van der Waals surface area contributed by atoms with Gasteiger partial charge in [-0.1, -0.05) is 42.8 Å². The number of anilines is 2. The molecule has 0 saturated carbocycles. The summed E-state index contributed by atoms with van der Waals surface area (Å²) in [4.78, 5) is 31.2. The highest BCUT2D eigenvalue weighted by atomic mass is 35.5. The van der Waals surface area contributed by atoms with Crippen molar-refractivity contribution >= 4 is 52.8 Å². The lowest BCUT2D eigenvalue weighted by molar-refractivity contribution is -0.119. The molecule has 0 radical (unpaired) electrons. The first kappa shape index (κ1) is 25.7. The number of halogens is 1. The van der Waals surface area contributed by atoms with Gasteiger partial charge >= 0.3 is 0 Å². The lowest BCUT2D eigenvalue weighted by atomic mass is 10.2. The van der Waals surface area contributed by atoms with Crippen LogP contribution in [0.1, 0.15) is 49.0 Å². The van der Waals surface area contributed by atoms with Gasteiger partial charge in [0, 0.05) is 19.8 Å². The van der Waals surface area contributed by atoms with Crippen LogP contribution in [0.2, 0.25) is 5.15 Å². The average Bonchev–Trinajstić information content (AvgIpc) is 3.05. The van der Waals surface area contributed by atoms with Crippen molar-refractivity contribution in [1.82, 2.24) is 25.9 Å². The van der Waals surface area contributed by atoms with Crippen LogP contribution >= 0.6 is 23.4 Å². The van der Waals surface area contributed by atoms with Crippen molar-refractivity contribution < 1.29 is 14.3 Å². The van der Waals surface area contributed by atoms with Crippen LogP contribution in [0, 0.1) is 5.41 Å². The Morgan fingerprint density at radius 3 is 2.62 bits per heavy atom. The van der Waals surface area contributed by atoms with Crippen LogP contribution in [0.15, 0.2) is 11.6 Å². The van der Waals surface area contributed by atoms with E-state index in [0.717, 1.165) is 43.6 Å². The van der Waals surface area contributed by atoms with E-state index in [0.29, 0.717) is 19.8 Å².